The average molecular weight is 216 g/mol. The molecule has 4 N–H and O–H groups in total. The zero-order valence-corrected chi connectivity index (χ0v) is 8.69. The minimum atomic E-state index is -0.600. The second kappa shape index (κ2) is 6.94. The molecule has 6 heteroatoms. The van der Waals surface area contributed by atoms with Crippen LogP contribution in [0.25, 0.3) is 0 Å². The van der Waals surface area contributed by atoms with Crippen LogP contribution in [-0.2, 0) is 19.1 Å². The standard InChI is InChI=1S/C9H16N2O4/c1-6(12)4-9(14)15-5-7(10)2-3-8(11)13/h7H,2-5,10H2,1H3,(H2,11,13). The first-order valence-electron chi connectivity index (χ1n) is 4.60. The minimum Gasteiger partial charge on any atom is -0.464 e. The van der Waals surface area contributed by atoms with Crippen molar-refractivity contribution in [3.63, 3.8) is 0 Å². The van der Waals surface area contributed by atoms with Crippen LogP contribution < -0.4 is 11.5 Å². The number of primary amides is 1. The number of nitrogens with two attached hydrogens (primary N) is 2. The molecule has 0 radical (unpaired) electrons. The van der Waals surface area contributed by atoms with E-state index in [0.29, 0.717) is 6.42 Å². The molecule has 0 aliphatic carbocycles. The molecule has 1 atom stereocenters. The number of rotatable bonds is 7. The minimum absolute atomic E-state index is 0.000602. The van der Waals surface area contributed by atoms with Crippen molar-refractivity contribution >= 4 is 17.7 Å². The fourth-order valence-electron chi connectivity index (χ4n) is 0.865. The van der Waals surface area contributed by atoms with Crippen LogP contribution in [-0.4, -0.2) is 30.3 Å². The summed E-state index contributed by atoms with van der Waals surface area (Å²) >= 11 is 0. The maximum atomic E-state index is 10.9. The van der Waals surface area contributed by atoms with Crippen LogP contribution in [0.15, 0.2) is 0 Å². The van der Waals surface area contributed by atoms with Crippen molar-refractivity contribution < 1.29 is 19.1 Å². The molecule has 0 saturated carbocycles. The molecule has 0 rings (SSSR count). The normalized spacial score (nSPS) is 11.9. The van der Waals surface area contributed by atoms with Crippen LogP contribution in [0.3, 0.4) is 0 Å². The third-order valence-corrected chi connectivity index (χ3v) is 1.61. The summed E-state index contributed by atoms with van der Waals surface area (Å²) in [6.45, 7) is 1.30. The van der Waals surface area contributed by atoms with Gasteiger partial charge >= 0.3 is 5.97 Å². The number of carbonyl (C=O) groups is 3. The van der Waals surface area contributed by atoms with E-state index in [1.54, 1.807) is 0 Å². The van der Waals surface area contributed by atoms with Crippen molar-refractivity contribution in [1.29, 1.82) is 0 Å². The van der Waals surface area contributed by atoms with E-state index in [9.17, 15) is 14.4 Å². The van der Waals surface area contributed by atoms with Crippen molar-refractivity contribution in [2.45, 2.75) is 32.2 Å². The molecular weight excluding hydrogens is 200 g/mol. The Morgan fingerprint density at radius 1 is 1.33 bits per heavy atom. The Morgan fingerprint density at radius 3 is 2.40 bits per heavy atom. The summed E-state index contributed by atoms with van der Waals surface area (Å²) in [5.74, 6) is -1.30. The molecule has 0 spiro atoms. The number of ether oxygens (including phenoxy) is 1. The van der Waals surface area contributed by atoms with E-state index in [2.05, 4.69) is 0 Å². The smallest absolute Gasteiger partial charge is 0.313 e. The Morgan fingerprint density at radius 2 is 1.93 bits per heavy atom. The fraction of sp³-hybridized carbons (Fsp3) is 0.667. The topological polar surface area (TPSA) is 112 Å². The lowest BCUT2D eigenvalue weighted by Crippen LogP contribution is -2.29. The summed E-state index contributed by atoms with van der Waals surface area (Å²) in [4.78, 5) is 31.8. The summed E-state index contributed by atoms with van der Waals surface area (Å²) in [6.07, 6.45) is 0.274. The molecule has 0 aliphatic rings. The molecule has 0 saturated heterocycles. The van der Waals surface area contributed by atoms with Crippen molar-refractivity contribution in [2.75, 3.05) is 6.61 Å². The molecule has 0 aromatic carbocycles. The van der Waals surface area contributed by atoms with Crippen LogP contribution in [0, 0.1) is 0 Å². The fourth-order valence-corrected chi connectivity index (χ4v) is 0.865. The van der Waals surface area contributed by atoms with Crippen LogP contribution in [0.4, 0.5) is 0 Å². The summed E-state index contributed by atoms with van der Waals surface area (Å²) in [6, 6.07) is -0.423. The highest BCUT2D eigenvalue weighted by atomic mass is 16.5. The van der Waals surface area contributed by atoms with Gasteiger partial charge in [-0.25, -0.2) is 0 Å². The van der Waals surface area contributed by atoms with Gasteiger partial charge in [0.25, 0.3) is 0 Å². The second-order valence-corrected chi connectivity index (χ2v) is 3.33. The van der Waals surface area contributed by atoms with Gasteiger partial charge in [0, 0.05) is 12.5 Å². The van der Waals surface area contributed by atoms with E-state index < -0.39 is 17.9 Å². The van der Waals surface area contributed by atoms with Gasteiger partial charge in [-0.3, -0.25) is 14.4 Å². The van der Waals surface area contributed by atoms with Crippen molar-refractivity contribution in [3.05, 3.63) is 0 Å². The Labute approximate surface area is 87.9 Å². The van der Waals surface area contributed by atoms with Gasteiger partial charge in [0.05, 0.1) is 0 Å². The van der Waals surface area contributed by atoms with E-state index in [1.165, 1.54) is 6.92 Å². The molecule has 1 amide bonds. The van der Waals surface area contributed by atoms with Gasteiger partial charge in [-0.2, -0.15) is 0 Å². The monoisotopic (exact) mass is 216 g/mol. The van der Waals surface area contributed by atoms with Gasteiger partial charge in [-0.15, -0.1) is 0 Å². The first kappa shape index (κ1) is 13.6. The number of Topliss-reactive ketones (excluding diaryl/α,β-unsaturated/α-hetero) is 1. The molecule has 0 aromatic rings. The van der Waals surface area contributed by atoms with Crippen LogP contribution >= 0.6 is 0 Å². The van der Waals surface area contributed by atoms with Crippen molar-refractivity contribution in [3.8, 4) is 0 Å². The number of ketones is 1. The Balaban J connectivity index is 3.61. The van der Waals surface area contributed by atoms with Gasteiger partial charge < -0.3 is 16.2 Å². The summed E-state index contributed by atoms with van der Waals surface area (Å²) in [5, 5.41) is 0. The first-order chi connectivity index (χ1) is 6.91. The highest BCUT2D eigenvalue weighted by Crippen LogP contribution is 1.96. The second-order valence-electron chi connectivity index (χ2n) is 3.33. The molecule has 0 fully saturated rings. The lowest BCUT2D eigenvalue weighted by molar-refractivity contribution is -0.146. The first-order valence-corrected chi connectivity index (χ1v) is 4.60. The van der Waals surface area contributed by atoms with Crippen LogP contribution in [0.2, 0.25) is 0 Å². The molecule has 0 heterocycles. The Kier molecular flexibility index (Phi) is 6.28. The Bertz CT molecular complexity index is 252. The van der Waals surface area contributed by atoms with E-state index in [0.717, 1.165) is 0 Å². The average Bonchev–Trinajstić information content (AvgIpc) is 2.10. The predicted molar refractivity (Wildman–Crippen MR) is 52.7 cm³/mol. The molecule has 1 unspecified atom stereocenters. The van der Waals surface area contributed by atoms with Crippen LogP contribution in [0.5, 0.6) is 0 Å². The number of hydrogen-bond acceptors (Lipinski definition) is 5. The molecular formula is C9H16N2O4. The van der Waals surface area contributed by atoms with Crippen molar-refractivity contribution in [1.82, 2.24) is 0 Å². The van der Waals surface area contributed by atoms with Gasteiger partial charge in [-0.1, -0.05) is 0 Å². The summed E-state index contributed by atoms with van der Waals surface area (Å²) in [5.41, 5.74) is 10.4. The summed E-state index contributed by atoms with van der Waals surface area (Å²) < 4.78 is 4.71. The van der Waals surface area contributed by atoms with Gasteiger partial charge in [0.15, 0.2) is 0 Å². The van der Waals surface area contributed by atoms with Crippen LogP contribution in [0.1, 0.15) is 26.2 Å². The SMILES string of the molecule is CC(=O)CC(=O)OCC(N)CCC(N)=O. The predicted octanol–water partition coefficient (Wildman–Crippen LogP) is -0.898. The number of amides is 1. The Hall–Kier alpha value is -1.43. The third kappa shape index (κ3) is 8.89. The number of carbonyl (C=O) groups excluding carboxylic acids is 3. The van der Waals surface area contributed by atoms with E-state index >= 15 is 0 Å². The van der Waals surface area contributed by atoms with E-state index in [-0.39, 0.29) is 25.2 Å². The summed E-state index contributed by atoms with van der Waals surface area (Å²) in [7, 11) is 0. The molecule has 15 heavy (non-hydrogen) atoms. The number of hydrogen-bond donors (Lipinski definition) is 2. The highest BCUT2D eigenvalue weighted by Gasteiger charge is 2.10. The zero-order chi connectivity index (χ0) is 11.8. The highest BCUT2D eigenvalue weighted by molar-refractivity contribution is 5.94. The maximum absolute atomic E-state index is 10.9. The molecule has 86 valence electrons. The molecule has 0 bridgehead atoms. The zero-order valence-electron chi connectivity index (χ0n) is 8.69. The molecule has 0 aromatic heterocycles. The van der Waals surface area contributed by atoms with Gasteiger partial charge in [0.2, 0.25) is 5.91 Å². The largest absolute Gasteiger partial charge is 0.464 e. The quantitative estimate of drug-likeness (QED) is 0.423. The lowest BCUT2D eigenvalue weighted by atomic mass is 10.2. The van der Waals surface area contributed by atoms with Gasteiger partial charge in [-0.05, 0) is 13.3 Å². The molecule has 0 aliphatic heterocycles. The maximum Gasteiger partial charge on any atom is 0.313 e. The van der Waals surface area contributed by atoms with Crippen molar-refractivity contribution in [2.24, 2.45) is 11.5 Å². The lowest BCUT2D eigenvalue weighted by Gasteiger charge is -2.10. The van der Waals surface area contributed by atoms with E-state index in [1.807, 2.05) is 0 Å². The van der Waals surface area contributed by atoms with Gasteiger partial charge in [0.1, 0.15) is 18.8 Å². The number of esters is 1. The third-order valence-electron chi connectivity index (χ3n) is 1.61. The van der Waals surface area contributed by atoms with E-state index in [4.69, 9.17) is 16.2 Å². The molecule has 6 nitrogen and oxygen atoms in total.